The second kappa shape index (κ2) is 8.26. The van der Waals surface area contributed by atoms with Crippen LogP contribution in [0.4, 0.5) is 0 Å². The Balaban J connectivity index is 1.68. The average molecular weight is 462 g/mol. The van der Waals surface area contributed by atoms with Crippen molar-refractivity contribution in [2.45, 2.75) is 13.1 Å². The lowest BCUT2D eigenvalue weighted by atomic mass is 10.0. The van der Waals surface area contributed by atoms with Gasteiger partial charge in [-0.05, 0) is 48.0 Å². The van der Waals surface area contributed by atoms with Crippen molar-refractivity contribution in [1.29, 1.82) is 0 Å². The van der Waals surface area contributed by atoms with Gasteiger partial charge in [-0.1, -0.05) is 53.5 Å². The Kier molecular flexibility index (Phi) is 5.29. The van der Waals surface area contributed by atoms with Gasteiger partial charge < -0.3 is 4.90 Å². The van der Waals surface area contributed by atoms with E-state index in [0.29, 0.717) is 44.7 Å². The van der Waals surface area contributed by atoms with E-state index >= 15 is 0 Å². The van der Waals surface area contributed by atoms with Crippen LogP contribution in [0, 0.1) is 0 Å². The number of aromatic nitrogens is 2. The molecule has 0 saturated carbocycles. The Morgan fingerprint density at radius 2 is 1.53 bits per heavy atom. The smallest absolute Gasteiger partial charge is 0.271 e. The molecule has 0 spiro atoms. The van der Waals surface area contributed by atoms with Gasteiger partial charge in [0, 0.05) is 45.9 Å². The van der Waals surface area contributed by atoms with Gasteiger partial charge in [-0.2, -0.15) is 9.78 Å². The standard InChI is InChI=1S/C25H17Cl2N3O2/c26-18-6-9-20(10-7-18)30-23(31)12-17-15-29(14-16-4-2-1-3-5-16)25(32)21-11-8-19(27)13-22(21)24(17)28-30/h1-13H,14-15H2. The van der Waals surface area contributed by atoms with Gasteiger partial charge >= 0.3 is 0 Å². The van der Waals surface area contributed by atoms with Gasteiger partial charge in [0.15, 0.2) is 0 Å². The predicted molar refractivity (Wildman–Crippen MR) is 125 cm³/mol. The first-order valence-electron chi connectivity index (χ1n) is 10.0. The minimum Gasteiger partial charge on any atom is -0.330 e. The quantitative estimate of drug-likeness (QED) is 0.412. The van der Waals surface area contributed by atoms with Gasteiger partial charge in [0.25, 0.3) is 11.5 Å². The highest BCUT2D eigenvalue weighted by atomic mass is 35.5. The molecular weight excluding hydrogens is 445 g/mol. The molecule has 5 rings (SSSR count). The Labute approximate surface area is 194 Å². The molecule has 3 aromatic carbocycles. The van der Waals surface area contributed by atoms with E-state index in [2.05, 4.69) is 5.10 Å². The molecule has 2 heterocycles. The summed E-state index contributed by atoms with van der Waals surface area (Å²) in [6.07, 6.45) is 0. The fourth-order valence-electron chi connectivity index (χ4n) is 3.88. The fraction of sp³-hybridized carbons (Fsp3) is 0.0800. The van der Waals surface area contributed by atoms with Crippen LogP contribution in [-0.4, -0.2) is 20.6 Å². The van der Waals surface area contributed by atoms with Crippen LogP contribution in [0.2, 0.25) is 10.0 Å². The van der Waals surface area contributed by atoms with E-state index in [4.69, 9.17) is 23.2 Å². The number of fused-ring (bicyclic) bond motifs is 3. The summed E-state index contributed by atoms with van der Waals surface area (Å²) < 4.78 is 1.32. The number of benzene rings is 3. The molecule has 1 amide bonds. The number of amides is 1. The zero-order valence-electron chi connectivity index (χ0n) is 16.8. The lowest BCUT2D eigenvalue weighted by Crippen LogP contribution is -2.30. The highest BCUT2D eigenvalue weighted by molar-refractivity contribution is 6.31. The largest absolute Gasteiger partial charge is 0.330 e. The topological polar surface area (TPSA) is 55.2 Å². The summed E-state index contributed by atoms with van der Waals surface area (Å²) in [5.41, 5.74) is 3.63. The summed E-state index contributed by atoms with van der Waals surface area (Å²) in [5.74, 6) is -0.135. The molecule has 0 bridgehead atoms. The van der Waals surface area contributed by atoms with Crippen molar-refractivity contribution < 1.29 is 4.79 Å². The van der Waals surface area contributed by atoms with Gasteiger partial charge in [0.1, 0.15) is 0 Å². The van der Waals surface area contributed by atoms with Crippen molar-refractivity contribution >= 4 is 29.1 Å². The Morgan fingerprint density at radius 3 is 2.28 bits per heavy atom. The molecule has 1 aliphatic rings. The molecule has 5 nitrogen and oxygen atoms in total. The maximum atomic E-state index is 13.5. The molecule has 4 aromatic rings. The second-order valence-corrected chi connectivity index (χ2v) is 8.45. The SMILES string of the molecule is O=C1c2ccc(Cl)cc2-c2nn(-c3ccc(Cl)cc3)c(=O)cc2CN1Cc1ccccc1. The third-order valence-electron chi connectivity index (χ3n) is 5.41. The normalized spacial score (nSPS) is 12.8. The minimum absolute atomic E-state index is 0.135. The zero-order chi connectivity index (χ0) is 22.2. The number of rotatable bonds is 3. The number of hydrogen-bond acceptors (Lipinski definition) is 3. The first kappa shape index (κ1) is 20.5. The van der Waals surface area contributed by atoms with Gasteiger partial charge in [-0.3, -0.25) is 9.59 Å². The van der Waals surface area contributed by atoms with E-state index in [1.165, 1.54) is 10.7 Å². The lowest BCUT2D eigenvalue weighted by molar-refractivity contribution is 0.0733. The number of carbonyl (C=O) groups excluding carboxylic acids is 1. The summed E-state index contributed by atoms with van der Waals surface area (Å²) in [6.45, 7) is 0.681. The molecule has 0 unspecified atom stereocenters. The van der Waals surface area contributed by atoms with Crippen LogP contribution in [0.5, 0.6) is 0 Å². The molecule has 0 radical (unpaired) electrons. The maximum Gasteiger partial charge on any atom is 0.271 e. The Morgan fingerprint density at radius 1 is 0.812 bits per heavy atom. The molecule has 1 aromatic heterocycles. The van der Waals surface area contributed by atoms with Crippen LogP contribution < -0.4 is 5.56 Å². The van der Waals surface area contributed by atoms with Crippen molar-refractivity contribution in [2.75, 3.05) is 0 Å². The molecule has 0 aliphatic carbocycles. The summed E-state index contributed by atoms with van der Waals surface area (Å²) in [4.78, 5) is 28.1. The van der Waals surface area contributed by atoms with Gasteiger partial charge in [-0.25, -0.2) is 0 Å². The molecule has 32 heavy (non-hydrogen) atoms. The van der Waals surface area contributed by atoms with Gasteiger partial charge in [0.2, 0.25) is 0 Å². The summed E-state index contributed by atoms with van der Waals surface area (Å²) >= 11 is 12.3. The zero-order valence-corrected chi connectivity index (χ0v) is 18.3. The Hall–Kier alpha value is -3.41. The molecule has 0 atom stereocenters. The molecule has 0 saturated heterocycles. The predicted octanol–water partition coefficient (Wildman–Crippen LogP) is 5.36. The van der Waals surface area contributed by atoms with Crippen molar-refractivity contribution in [3.63, 3.8) is 0 Å². The summed E-state index contributed by atoms with van der Waals surface area (Å²) in [5, 5.41) is 5.71. The van der Waals surface area contributed by atoms with Crippen molar-refractivity contribution in [1.82, 2.24) is 14.7 Å². The van der Waals surface area contributed by atoms with Crippen LogP contribution in [-0.2, 0) is 13.1 Å². The average Bonchev–Trinajstić information content (AvgIpc) is 2.89. The molecule has 0 N–H and O–H groups in total. The molecule has 0 fully saturated rings. The molecule has 158 valence electrons. The van der Waals surface area contributed by atoms with E-state index < -0.39 is 0 Å². The molecular formula is C25H17Cl2N3O2. The fourth-order valence-corrected chi connectivity index (χ4v) is 4.18. The van der Waals surface area contributed by atoms with Gasteiger partial charge in [0.05, 0.1) is 11.4 Å². The number of halogens is 2. The maximum absolute atomic E-state index is 13.5. The highest BCUT2D eigenvalue weighted by Gasteiger charge is 2.28. The van der Waals surface area contributed by atoms with Crippen molar-refractivity contribution in [3.8, 4) is 16.9 Å². The van der Waals surface area contributed by atoms with Crippen LogP contribution in [0.1, 0.15) is 21.5 Å². The van der Waals surface area contributed by atoms with E-state index in [1.807, 2.05) is 30.3 Å². The van der Waals surface area contributed by atoms with Crippen molar-refractivity contribution in [3.05, 3.63) is 116 Å². The van der Waals surface area contributed by atoms with E-state index in [9.17, 15) is 9.59 Å². The van der Waals surface area contributed by atoms with Crippen LogP contribution in [0.3, 0.4) is 0 Å². The van der Waals surface area contributed by atoms with E-state index in [-0.39, 0.29) is 18.0 Å². The van der Waals surface area contributed by atoms with E-state index in [1.54, 1.807) is 47.4 Å². The first-order chi connectivity index (χ1) is 15.5. The highest BCUT2D eigenvalue weighted by Crippen LogP contribution is 2.33. The molecule has 7 heteroatoms. The first-order valence-corrected chi connectivity index (χ1v) is 10.8. The second-order valence-electron chi connectivity index (χ2n) is 7.58. The Bertz CT molecular complexity index is 1380. The number of nitrogens with zero attached hydrogens (tertiary/aromatic N) is 3. The number of carbonyl (C=O) groups is 1. The van der Waals surface area contributed by atoms with Crippen LogP contribution >= 0.6 is 23.2 Å². The van der Waals surface area contributed by atoms with Gasteiger partial charge in [-0.15, -0.1) is 0 Å². The van der Waals surface area contributed by atoms with Crippen molar-refractivity contribution in [2.24, 2.45) is 0 Å². The third-order valence-corrected chi connectivity index (χ3v) is 5.90. The number of hydrogen-bond donors (Lipinski definition) is 0. The van der Waals surface area contributed by atoms with Crippen LogP contribution in [0.25, 0.3) is 16.9 Å². The monoisotopic (exact) mass is 461 g/mol. The summed E-state index contributed by atoms with van der Waals surface area (Å²) in [7, 11) is 0. The van der Waals surface area contributed by atoms with E-state index in [0.717, 1.165) is 5.56 Å². The van der Waals surface area contributed by atoms with Crippen LogP contribution in [0.15, 0.2) is 83.7 Å². The molecule has 1 aliphatic heterocycles. The summed E-state index contributed by atoms with van der Waals surface area (Å²) in [6, 6.07) is 23.3. The minimum atomic E-state index is -0.288. The lowest BCUT2D eigenvalue weighted by Gasteiger charge is -2.21. The third kappa shape index (κ3) is 3.81.